The summed E-state index contributed by atoms with van der Waals surface area (Å²) < 4.78 is 22.1. The Balaban J connectivity index is 1.02. The van der Waals surface area contributed by atoms with Gasteiger partial charge in [-0.3, -0.25) is 33.6 Å². The van der Waals surface area contributed by atoms with E-state index in [1.165, 1.54) is 11.8 Å². The number of benzene rings is 2. The molecule has 6 rings (SSSR count). The van der Waals surface area contributed by atoms with E-state index in [0.717, 1.165) is 27.3 Å². The first-order valence-corrected chi connectivity index (χ1v) is 26.1. The van der Waals surface area contributed by atoms with Crippen LogP contribution in [0.15, 0.2) is 41.9 Å². The van der Waals surface area contributed by atoms with Gasteiger partial charge in [0, 0.05) is 51.9 Å². The summed E-state index contributed by atoms with van der Waals surface area (Å²) in [5.41, 5.74) is 10.5. The number of aliphatic hydroxyl groups excluding tert-OH is 1. The molecule has 392 valence electrons. The molecule has 3 aliphatic heterocycles. The number of nitrogens with zero attached hydrogens (tertiary/aromatic N) is 4. The normalized spacial score (nSPS) is 21.5. The number of aliphatic hydroxyl groups is 1. The smallest absolute Gasteiger partial charge is 0.246 e. The Bertz CT molecular complexity index is 2460. The standard InChI is InChI=1S/C53H73FN8O9S/c1-30-23-37(46(54)43(24-30)71-28-38(17-20-44(55)65)58-49(67)41-19-18-39-21-22-60(34(5)63)26-31(2)51(69)62(39)41)11-9-10-12-45(66)59-48(53(6,7)8)52(70)61-27-40(64)25-42(61)50(68)57-32(3)35-13-15-36(16-14-35)47-33(4)56-29-72-47/h13-16,23-24,29,31-32,38-42,48,64H,9-12,17-22,25-28H2,1-8H3,(H2,55,65)(H,57,68)(H,58,67)(H,59,66)/t31-,32-,38-,39+,40+,41-,42-,48+/m0/s1. The number of aryl methyl sites for hydroxylation is 3. The van der Waals surface area contributed by atoms with Gasteiger partial charge >= 0.3 is 0 Å². The number of likely N-dealkylation sites (tertiary alicyclic amines) is 1. The monoisotopic (exact) mass is 1020 g/mol. The Kier molecular flexibility index (Phi) is 18.6. The van der Waals surface area contributed by atoms with Crippen molar-refractivity contribution in [2.75, 3.05) is 26.2 Å². The summed E-state index contributed by atoms with van der Waals surface area (Å²) in [6, 6.07) is 7.09. The van der Waals surface area contributed by atoms with Crippen LogP contribution >= 0.6 is 11.3 Å². The van der Waals surface area contributed by atoms with Gasteiger partial charge in [0.1, 0.15) is 24.7 Å². The average molecular weight is 1020 g/mol. The van der Waals surface area contributed by atoms with Crippen molar-refractivity contribution in [3.05, 3.63) is 70.1 Å². The van der Waals surface area contributed by atoms with E-state index in [4.69, 9.17) is 10.5 Å². The van der Waals surface area contributed by atoms with Gasteiger partial charge in [-0.1, -0.05) is 58.0 Å². The van der Waals surface area contributed by atoms with E-state index in [0.29, 0.717) is 44.2 Å². The molecule has 0 aliphatic carbocycles. The molecule has 1 aromatic heterocycles. The van der Waals surface area contributed by atoms with Gasteiger partial charge in [-0.05, 0) is 99.5 Å². The summed E-state index contributed by atoms with van der Waals surface area (Å²) in [7, 11) is 0. The Morgan fingerprint density at radius 2 is 1.67 bits per heavy atom. The van der Waals surface area contributed by atoms with Gasteiger partial charge in [-0.25, -0.2) is 9.37 Å². The zero-order valence-electron chi connectivity index (χ0n) is 42.9. The molecule has 8 atom stereocenters. The quantitative estimate of drug-likeness (QED) is 0.101. The van der Waals surface area contributed by atoms with Gasteiger partial charge in [0.2, 0.25) is 41.4 Å². The van der Waals surface area contributed by atoms with E-state index in [1.54, 1.807) is 52.6 Å². The van der Waals surface area contributed by atoms with Crippen LogP contribution in [-0.2, 0) is 40.0 Å². The second kappa shape index (κ2) is 24.2. The number of hydrogen-bond donors (Lipinski definition) is 5. The zero-order valence-corrected chi connectivity index (χ0v) is 43.7. The molecule has 3 saturated heterocycles. The highest BCUT2D eigenvalue weighted by Gasteiger charge is 2.46. The second-order valence-electron chi connectivity index (χ2n) is 21.0. The van der Waals surface area contributed by atoms with Crippen molar-refractivity contribution in [1.82, 2.24) is 35.6 Å². The van der Waals surface area contributed by atoms with Gasteiger partial charge in [0.05, 0.1) is 40.2 Å². The van der Waals surface area contributed by atoms with E-state index < -0.39 is 71.1 Å². The van der Waals surface area contributed by atoms with Crippen LogP contribution in [-0.4, -0.2) is 129 Å². The largest absolute Gasteiger partial charge is 0.488 e. The van der Waals surface area contributed by atoms with Gasteiger partial charge in [-0.2, -0.15) is 0 Å². The number of aromatic nitrogens is 1. The highest BCUT2D eigenvalue weighted by atomic mass is 32.1. The molecule has 7 amide bonds. The maximum absolute atomic E-state index is 16.1. The van der Waals surface area contributed by atoms with Crippen molar-refractivity contribution in [3.8, 4) is 16.2 Å². The number of fused-ring (bicyclic) bond motifs is 1. The second-order valence-corrected chi connectivity index (χ2v) is 21.8. The number of hydrogen-bond acceptors (Lipinski definition) is 11. The molecule has 17 nitrogen and oxygen atoms in total. The molecule has 0 saturated carbocycles. The van der Waals surface area contributed by atoms with Crippen LogP contribution < -0.4 is 26.4 Å². The van der Waals surface area contributed by atoms with Crippen molar-refractivity contribution in [1.29, 1.82) is 0 Å². The van der Waals surface area contributed by atoms with Crippen LogP contribution in [0.4, 0.5) is 4.39 Å². The lowest BCUT2D eigenvalue weighted by Crippen LogP contribution is -2.57. The van der Waals surface area contributed by atoms with Crippen molar-refractivity contribution >= 4 is 52.7 Å². The van der Waals surface area contributed by atoms with Crippen molar-refractivity contribution < 1.29 is 47.8 Å². The molecule has 0 bridgehead atoms. The topological polar surface area (TPSA) is 234 Å². The summed E-state index contributed by atoms with van der Waals surface area (Å²) in [4.78, 5) is 103. The lowest BCUT2D eigenvalue weighted by Gasteiger charge is -2.37. The molecule has 6 N–H and O–H groups in total. The number of carbonyl (C=O) groups is 7. The zero-order chi connectivity index (χ0) is 52.6. The molecule has 72 heavy (non-hydrogen) atoms. The number of ether oxygens (including phenoxy) is 1. The van der Waals surface area contributed by atoms with Crippen LogP contribution in [0.2, 0.25) is 0 Å². The fourth-order valence-corrected chi connectivity index (χ4v) is 10.9. The van der Waals surface area contributed by atoms with Gasteiger partial charge in [0.25, 0.3) is 0 Å². The van der Waals surface area contributed by atoms with E-state index in [9.17, 15) is 38.7 Å². The fraction of sp³-hybridized carbons (Fsp3) is 0.585. The molecule has 2 aromatic carbocycles. The molecular formula is C53H73FN8O9S. The average Bonchev–Trinajstić information content (AvgIpc) is 4.06. The summed E-state index contributed by atoms with van der Waals surface area (Å²) >= 11 is 1.56. The molecule has 0 unspecified atom stereocenters. The third-order valence-corrected chi connectivity index (χ3v) is 15.1. The molecule has 0 spiro atoms. The van der Waals surface area contributed by atoms with Gasteiger partial charge in [0.15, 0.2) is 11.6 Å². The summed E-state index contributed by atoms with van der Waals surface area (Å²) in [5, 5.41) is 19.6. The Morgan fingerprint density at radius 3 is 2.32 bits per heavy atom. The molecular weight excluding hydrogens is 944 g/mol. The number of β-amino-alcohol motifs (C(OH)–C–C–N with tert-alkyl or cyclic N) is 1. The van der Waals surface area contributed by atoms with Crippen molar-refractivity contribution in [2.24, 2.45) is 17.1 Å². The van der Waals surface area contributed by atoms with Crippen LogP contribution in [0.3, 0.4) is 0 Å². The van der Waals surface area contributed by atoms with E-state index in [2.05, 4.69) is 20.9 Å². The molecule has 0 radical (unpaired) electrons. The van der Waals surface area contributed by atoms with Gasteiger partial charge in [-0.15, -0.1) is 11.3 Å². The maximum Gasteiger partial charge on any atom is 0.246 e. The van der Waals surface area contributed by atoms with Crippen molar-refractivity contribution in [3.63, 3.8) is 0 Å². The van der Waals surface area contributed by atoms with E-state index >= 15 is 4.39 Å². The molecule has 3 aliphatic rings. The number of carbonyl (C=O) groups excluding carboxylic acids is 7. The van der Waals surface area contributed by atoms with Crippen LogP contribution in [0.1, 0.15) is 128 Å². The molecule has 4 heterocycles. The lowest BCUT2D eigenvalue weighted by molar-refractivity contribution is -0.146. The SMILES string of the molecule is CC(=O)N1CC[C@H]2CC[C@@H](C(=O)N[C@@H](CCC(N)=O)COc3cc(C)cc(CCCCC(=O)N[C@H](C(=O)N4C[C@H](O)C[C@H]4C(=O)N[C@@H](C)c4ccc(-c5scnc5C)cc4)C(C)(C)C)c3F)N2C(=O)[C@@H](C)C1. The number of rotatable bonds is 19. The Hall–Kier alpha value is -5.95. The lowest BCUT2D eigenvalue weighted by atomic mass is 9.85. The number of primary amides is 1. The number of nitrogens with two attached hydrogens (primary N) is 1. The summed E-state index contributed by atoms with van der Waals surface area (Å²) in [6.45, 7) is 14.8. The van der Waals surface area contributed by atoms with E-state index in [-0.39, 0.29) is 87.4 Å². The highest BCUT2D eigenvalue weighted by Crippen LogP contribution is 2.33. The van der Waals surface area contributed by atoms with E-state index in [1.807, 2.05) is 58.9 Å². The number of unbranched alkanes of at least 4 members (excludes halogenated alkanes) is 1. The third kappa shape index (κ3) is 14.0. The first-order chi connectivity index (χ1) is 34.0. The van der Waals surface area contributed by atoms with Gasteiger partial charge < -0.3 is 46.2 Å². The fourth-order valence-electron chi connectivity index (χ4n) is 10.0. The molecule has 19 heteroatoms. The van der Waals surface area contributed by atoms with Crippen molar-refractivity contribution in [2.45, 2.75) is 162 Å². The molecule has 3 fully saturated rings. The maximum atomic E-state index is 16.1. The summed E-state index contributed by atoms with van der Waals surface area (Å²) in [6.07, 6.45) is 1.89. The Labute approximate surface area is 426 Å². The number of halogens is 1. The van der Waals surface area contributed by atoms with Crippen LogP contribution in [0, 0.1) is 31.0 Å². The Morgan fingerprint density at radius 1 is 0.958 bits per heavy atom. The minimum atomic E-state index is -1.00. The number of thiazole rings is 1. The van der Waals surface area contributed by atoms with Crippen LogP contribution in [0.5, 0.6) is 5.75 Å². The van der Waals surface area contributed by atoms with Crippen LogP contribution in [0.25, 0.3) is 10.4 Å². The summed E-state index contributed by atoms with van der Waals surface area (Å²) in [5.74, 6) is -3.67. The number of nitrogens with one attached hydrogen (secondary N) is 3. The minimum absolute atomic E-state index is 0.0405. The first kappa shape index (κ1) is 55.4. The number of amides is 7. The predicted octanol–water partition coefficient (Wildman–Crippen LogP) is 5.03. The first-order valence-electron chi connectivity index (χ1n) is 25.2. The minimum Gasteiger partial charge on any atom is -0.488 e. The predicted molar refractivity (Wildman–Crippen MR) is 271 cm³/mol. The third-order valence-electron chi connectivity index (χ3n) is 14.1. The molecule has 3 aromatic rings. The highest BCUT2D eigenvalue weighted by molar-refractivity contribution is 7.13.